The summed E-state index contributed by atoms with van der Waals surface area (Å²) in [7, 11) is 1.81. The van der Waals surface area contributed by atoms with E-state index in [0.29, 0.717) is 23.6 Å². The van der Waals surface area contributed by atoms with E-state index < -0.39 is 0 Å². The number of rotatable bonds is 5. The van der Waals surface area contributed by atoms with Gasteiger partial charge >= 0.3 is 0 Å². The van der Waals surface area contributed by atoms with Crippen LogP contribution in [0.5, 0.6) is 0 Å². The zero-order valence-corrected chi connectivity index (χ0v) is 15.0. The van der Waals surface area contributed by atoms with Crippen LogP contribution in [0.3, 0.4) is 0 Å². The van der Waals surface area contributed by atoms with Gasteiger partial charge in [0.25, 0.3) is 0 Å². The van der Waals surface area contributed by atoms with Crippen LogP contribution in [-0.4, -0.2) is 32.5 Å². The molecule has 0 bridgehead atoms. The molecule has 1 amide bonds. The Morgan fingerprint density at radius 1 is 1.15 bits per heavy atom. The van der Waals surface area contributed by atoms with Crippen molar-refractivity contribution in [2.24, 2.45) is 0 Å². The molecule has 0 spiro atoms. The summed E-state index contributed by atoms with van der Waals surface area (Å²) in [5.41, 5.74) is 1.98. The van der Waals surface area contributed by atoms with Crippen LogP contribution in [0, 0.1) is 0 Å². The van der Waals surface area contributed by atoms with Crippen LogP contribution in [-0.2, 0) is 4.79 Å². The molecule has 27 heavy (non-hydrogen) atoms. The van der Waals surface area contributed by atoms with E-state index >= 15 is 0 Å². The minimum Gasteiger partial charge on any atom is -0.373 e. The predicted molar refractivity (Wildman–Crippen MR) is 106 cm³/mol. The lowest BCUT2D eigenvalue weighted by Crippen LogP contribution is -2.10. The Morgan fingerprint density at radius 3 is 2.81 bits per heavy atom. The quantitative estimate of drug-likeness (QED) is 0.504. The molecule has 0 aliphatic heterocycles. The number of aromatic nitrogens is 4. The lowest BCUT2D eigenvalue weighted by molar-refractivity contribution is -0.115. The predicted octanol–water partition coefficient (Wildman–Crippen LogP) is 3.41. The number of carbonyl (C=O) groups is 1. The van der Waals surface area contributed by atoms with E-state index in [0.717, 1.165) is 22.3 Å². The van der Waals surface area contributed by atoms with Crippen LogP contribution in [0.15, 0.2) is 48.9 Å². The Labute approximate surface area is 155 Å². The Morgan fingerprint density at radius 2 is 2.00 bits per heavy atom. The molecule has 3 aromatic heterocycles. The lowest BCUT2D eigenvalue weighted by Gasteiger charge is -2.12. The molecule has 136 valence electrons. The Kier molecular flexibility index (Phi) is 4.29. The van der Waals surface area contributed by atoms with Gasteiger partial charge in [-0.15, -0.1) is 0 Å². The first-order valence-electron chi connectivity index (χ1n) is 8.65. The molecule has 0 unspecified atom stereocenters. The van der Waals surface area contributed by atoms with E-state index in [-0.39, 0.29) is 5.91 Å². The third-order valence-electron chi connectivity index (χ3n) is 4.25. The largest absolute Gasteiger partial charge is 0.373 e. The number of pyridine rings is 1. The highest BCUT2D eigenvalue weighted by Gasteiger charge is 2.13. The van der Waals surface area contributed by atoms with Gasteiger partial charge in [0, 0.05) is 36.5 Å². The van der Waals surface area contributed by atoms with Gasteiger partial charge in [0.1, 0.15) is 17.3 Å². The van der Waals surface area contributed by atoms with Crippen molar-refractivity contribution in [3.63, 3.8) is 0 Å². The smallest absolute Gasteiger partial charge is 0.224 e. The van der Waals surface area contributed by atoms with Gasteiger partial charge in [0.05, 0.1) is 18.1 Å². The molecular formula is C19H19N7O. The number of hydrogen-bond donors (Lipinski definition) is 3. The van der Waals surface area contributed by atoms with Crippen molar-refractivity contribution in [2.45, 2.75) is 13.3 Å². The minimum absolute atomic E-state index is 0.0886. The van der Waals surface area contributed by atoms with Crippen molar-refractivity contribution in [3.8, 4) is 0 Å². The number of fused-ring (bicyclic) bond motifs is 2. The van der Waals surface area contributed by atoms with E-state index in [2.05, 4.69) is 31.0 Å². The normalized spacial score (nSPS) is 10.9. The molecule has 0 fully saturated rings. The number of nitrogens with one attached hydrogen (secondary N) is 3. The summed E-state index contributed by atoms with van der Waals surface area (Å²) < 4.78 is 1.65. The van der Waals surface area contributed by atoms with Crippen molar-refractivity contribution in [3.05, 3.63) is 48.9 Å². The number of anilines is 4. The number of hydrogen-bond acceptors (Lipinski definition) is 6. The number of amides is 1. The minimum atomic E-state index is -0.0886. The van der Waals surface area contributed by atoms with E-state index in [4.69, 9.17) is 0 Å². The summed E-state index contributed by atoms with van der Waals surface area (Å²) in [5, 5.41) is 15.7. The van der Waals surface area contributed by atoms with Crippen molar-refractivity contribution in [1.82, 2.24) is 19.6 Å². The second-order valence-electron chi connectivity index (χ2n) is 6.01. The van der Waals surface area contributed by atoms with Gasteiger partial charge in [0.2, 0.25) is 5.91 Å². The topological polar surface area (TPSA) is 96.2 Å². The maximum absolute atomic E-state index is 11.8. The third-order valence-corrected chi connectivity index (χ3v) is 4.25. The van der Waals surface area contributed by atoms with E-state index in [1.165, 1.54) is 0 Å². The summed E-state index contributed by atoms with van der Waals surface area (Å²) in [5.74, 6) is 1.28. The van der Waals surface area contributed by atoms with E-state index in [1.807, 2.05) is 43.6 Å². The molecule has 0 atom stereocenters. The molecule has 8 heteroatoms. The molecule has 3 N–H and O–H groups in total. The van der Waals surface area contributed by atoms with Gasteiger partial charge in [-0.25, -0.2) is 4.98 Å². The first-order chi connectivity index (χ1) is 13.2. The van der Waals surface area contributed by atoms with Gasteiger partial charge < -0.3 is 16.0 Å². The van der Waals surface area contributed by atoms with E-state index in [9.17, 15) is 4.79 Å². The highest BCUT2D eigenvalue weighted by Crippen LogP contribution is 2.27. The van der Waals surface area contributed by atoms with Crippen LogP contribution in [0.1, 0.15) is 13.3 Å². The maximum Gasteiger partial charge on any atom is 0.224 e. The zero-order chi connectivity index (χ0) is 18.8. The van der Waals surface area contributed by atoms with Gasteiger partial charge in [-0.2, -0.15) is 9.61 Å². The van der Waals surface area contributed by atoms with Crippen LogP contribution >= 0.6 is 0 Å². The Bertz CT molecular complexity index is 1130. The van der Waals surface area contributed by atoms with Crippen molar-refractivity contribution >= 4 is 45.3 Å². The molecule has 1 aromatic carbocycles. The summed E-state index contributed by atoms with van der Waals surface area (Å²) >= 11 is 0. The van der Waals surface area contributed by atoms with Crippen LogP contribution < -0.4 is 16.0 Å². The second kappa shape index (κ2) is 6.91. The molecule has 0 saturated carbocycles. The molecular weight excluding hydrogens is 342 g/mol. The summed E-state index contributed by atoms with van der Waals surface area (Å²) in [6, 6.07) is 9.86. The number of benzene rings is 1. The molecule has 0 aliphatic carbocycles. The van der Waals surface area contributed by atoms with Crippen molar-refractivity contribution < 1.29 is 4.79 Å². The number of nitrogens with zero attached hydrogens (tertiary/aromatic N) is 4. The summed E-state index contributed by atoms with van der Waals surface area (Å²) in [6.07, 6.45) is 5.57. The molecule has 0 radical (unpaired) electrons. The molecule has 4 aromatic rings. The SMILES string of the molecule is CCC(=O)Nc1cnn2c(NC)cc(Nc3cncc4ccccc34)nc12. The fourth-order valence-electron chi connectivity index (χ4n) is 2.89. The highest BCUT2D eigenvalue weighted by atomic mass is 16.1. The average molecular weight is 361 g/mol. The summed E-state index contributed by atoms with van der Waals surface area (Å²) in [4.78, 5) is 20.7. The van der Waals surface area contributed by atoms with Crippen LogP contribution in [0.4, 0.5) is 23.0 Å². The molecule has 8 nitrogen and oxygen atoms in total. The average Bonchev–Trinajstić information content (AvgIpc) is 3.10. The monoisotopic (exact) mass is 361 g/mol. The maximum atomic E-state index is 11.8. The summed E-state index contributed by atoms with van der Waals surface area (Å²) in [6.45, 7) is 1.80. The molecule has 4 rings (SSSR count). The van der Waals surface area contributed by atoms with Crippen molar-refractivity contribution in [2.75, 3.05) is 23.0 Å². The first kappa shape index (κ1) is 16.8. The number of carbonyl (C=O) groups excluding carboxylic acids is 1. The van der Waals surface area contributed by atoms with Crippen molar-refractivity contribution in [1.29, 1.82) is 0 Å². The van der Waals surface area contributed by atoms with Crippen LogP contribution in [0.25, 0.3) is 16.4 Å². The van der Waals surface area contributed by atoms with Gasteiger partial charge in [-0.05, 0) is 0 Å². The Balaban J connectivity index is 1.79. The molecule has 0 saturated heterocycles. The fraction of sp³-hybridized carbons (Fsp3) is 0.158. The third kappa shape index (κ3) is 3.12. The first-order valence-corrected chi connectivity index (χ1v) is 8.65. The molecule has 0 aliphatic rings. The van der Waals surface area contributed by atoms with Gasteiger partial charge in [-0.1, -0.05) is 31.2 Å². The zero-order valence-electron chi connectivity index (χ0n) is 15.0. The van der Waals surface area contributed by atoms with Crippen LogP contribution in [0.2, 0.25) is 0 Å². The Hall–Kier alpha value is -3.68. The lowest BCUT2D eigenvalue weighted by atomic mass is 10.1. The second-order valence-corrected chi connectivity index (χ2v) is 6.01. The van der Waals surface area contributed by atoms with Gasteiger partial charge in [-0.3, -0.25) is 9.78 Å². The standard InChI is InChI=1S/C19H19N7O/c1-3-18(27)24-15-11-22-26-17(20-2)8-16(25-19(15)26)23-14-10-21-9-12-6-4-5-7-13(12)14/h4-11,20H,3H2,1-2H3,(H,23,25)(H,24,27). The highest BCUT2D eigenvalue weighted by molar-refractivity contribution is 5.96. The molecule has 3 heterocycles. The fourth-order valence-corrected chi connectivity index (χ4v) is 2.89. The van der Waals surface area contributed by atoms with E-state index in [1.54, 1.807) is 23.8 Å². The van der Waals surface area contributed by atoms with Gasteiger partial charge in [0.15, 0.2) is 5.65 Å².